The maximum atomic E-state index is 18.3. The molecular weight excluding hydrogens is 994 g/mol. The van der Waals surface area contributed by atoms with E-state index in [0.29, 0.717) is 67.9 Å². The Morgan fingerprint density at radius 1 is 0.867 bits per heavy atom. The van der Waals surface area contributed by atoms with Gasteiger partial charge in [0.25, 0.3) is 0 Å². The van der Waals surface area contributed by atoms with Crippen LogP contribution in [0.15, 0.2) is 108 Å². The number of likely N-dealkylation sites (tertiary alicyclic amines) is 1. The highest BCUT2D eigenvalue weighted by Gasteiger charge is 2.41. The van der Waals surface area contributed by atoms with Gasteiger partial charge in [-0.2, -0.15) is 13.2 Å². The number of methoxy groups -OCH3 is 4. The number of aryl methyl sites for hydroxylation is 1. The van der Waals surface area contributed by atoms with Gasteiger partial charge in [0.15, 0.2) is 11.6 Å². The first-order chi connectivity index (χ1) is 36.3. The van der Waals surface area contributed by atoms with E-state index >= 15 is 17.6 Å². The minimum atomic E-state index is -5.01. The summed E-state index contributed by atoms with van der Waals surface area (Å²) in [6.07, 6.45) is 0.593. The molecule has 4 aromatic carbocycles. The Kier molecular flexibility index (Phi) is 16.1. The van der Waals surface area contributed by atoms with Gasteiger partial charge in [-0.1, -0.05) is 48.0 Å². The van der Waals surface area contributed by atoms with Gasteiger partial charge in [0.1, 0.15) is 53.2 Å². The van der Waals surface area contributed by atoms with E-state index in [9.17, 15) is 0 Å². The molecule has 0 saturated carbocycles. The van der Waals surface area contributed by atoms with Crippen molar-refractivity contribution in [2.75, 3.05) is 71.6 Å². The number of piperidine rings is 1. The van der Waals surface area contributed by atoms with Crippen LogP contribution in [0, 0.1) is 12.7 Å². The fourth-order valence-corrected chi connectivity index (χ4v) is 9.78. The van der Waals surface area contributed by atoms with Crippen LogP contribution in [-0.4, -0.2) is 92.2 Å². The fourth-order valence-electron chi connectivity index (χ4n) is 9.46. The second-order valence-corrected chi connectivity index (χ2v) is 18.6. The van der Waals surface area contributed by atoms with Gasteiger partial charge in [0, 0.05) is 58.8 Å². The van der Waals surface area contributed by atoms with Crippen LogP contribution in [0.1, 0.15) is 59.3 Å². The lowest BCUT2D eigenvalue weighted by Gasteiger charge is -2.33. The third-order valence-corrected chi connectivity index (χ3v) is 13.8. The molecule has 0 spiro atoms. The second kappa shape index (κ2) is 23.0. The molecule has 0 amide bonds. The molecule has 0 radical (unpaired) electrons. The largest absolute Gasteiger partial charge is 0.497 e. The summed E-state index contributed by atoms with van der Waals surface area (Å²) < 4.78 is 99.9. The number of anilines is 2. The highest BCUT2D eigenvalue weighted by atomic mass is 35.5. The molecule has 394 valence electrons. The van der Waals surface area contributed by atoms with Crippen molar-refractivity contribution in [1.29, 1.82) is 0 Å². The van der Waals surface area contributed by atoms with Gasteiger partial charge in [-0.25, -0.2) is 14.4 Å². The fraction of sp³-hybridized carbons (Fsp3) is 0.345. The van der Waals surface area contributed by atoms with Gasteiger partial charge in [-0.15, -0.1) is 0 Å². The highest BCUT2D eigenvalue weighted by molar-refractivity contribution is 6.33. The van der Waals surface area contributed by atoms with Gasteiger partial charge < -0.3 is 53.8 Å². The van der Waals surface area contributed by atoms with E-state index in [-0.39, 0.29) is 58.8 Å². The molecule has 0 bridgehead atoms. The van der Waals surface area contributed by atoms with Crippen molar-refractivity contribution in [2.45, 2.75) is 64.6 Å². The predicted molar refractivity (Wildman–Crippen MR) is 276 cm³/mol. The second-order valence-electron chi connectivity index (χ2n) is 18.2. The lowest BCUT2D eigenvalue weighted by molar-refractivity contribution is -0.137. The molecule has 20 heteroatoms. The zero-order valence-corrected chi connectivity index (χ0v) is 43.2. The van der Waals surface area contributed by atoms with E-state index in [2.05, 4.69) is 20.5 Å². The van der Waals surface area contributed by atoms with Crippen LogP contribution in [0.5, 0.6) is 23.0 Å². The lowest BCUT2D eigenvalue weighted by atomic mass is 9.98. The summed E-state index contributed by atoms with van der Waals surface area (Å²) in [4.78, 5) is 24.7. The first kappa shape index (κ1) is 52.5. The van der Waals surface area contributed by atoms with Gasteiger partial charge in [0.05, 0.1) is 72.6 Å². The number of halogens is 5. The minimum Gasteiger partial charge on any atom is -0.497 e. The Morgan fingerprint density at radius 3 is 2.05 bits per heavy atom. The number of pyridine rings is 1. The third-order valence-electron chi connectivity index (χ3n) is 13.4. The summed E-state index contributed by atoms with van der Waals surface area (Å²) in [5.41, 5.74) is 0.361. The van der Waals surface area contributed by atoms with E-state index in [1.165, 1.54) is 13.0 Å². The van der Waals surface area contributed by atoms with Crippen molar-refractivity contribution in [3.63, 3.8) is 0 Å². The van der Waals surface area contributed by atoms with Crippen LogP contribution >= 0.6 is 11.6 Å². The van der Waals surface area contributed by atoms with Gasteiger partial charge >= 0.3 is 12.1 Å². The molecule has 2 aromatic heterocycles. The summed E-state index contributed by atoms with van der Waals surface area (Å²) in [5.74, 6) is 1.14. The SMILES string of the molecule is COCCN1CCC(OC2=CN(C(C)c3nccnc3NCc3ccc(OC)cc3)C3=c4c(c(F)c(-c5nc(N(Cc6ccc(OC)cc6)Cc6ccc(OC)cc6)cc(C)c5C(F)(F)F)c(Cl)c4=NCN3)O2)CC1. The Morgan fingerprint density at radius 2 is 1.47 bits per heavy atom. The average Bonchev–Trinajstić information content (AvgIpc) is 3.64. The molecule has 1 saturated heterocycles. The molecule has 0 aliphatic carbocycles. The average molecular weight is 1050 g/mol. The summed E-state index contributed by atoms with van der Waals surface area (Å²) in [5, 5.41) is 6.39. The van der Waals surface area contributed by atoms with Crippen LogP contribution < -0.4 is 45.1 Å². The zero-order chi connectivity index (χ0) is 52.8. The van der Waals surface area contributed by atoms with Gasteiger partial charge in [-0.3, -0.25) is 9.98 Å². The Labute approximate surface area is 437 Å². The Hall–Kier alpha value is -7.35. The van der Waals surface area contributed by atoms with Crippen molar-refractivity contribution in [1.82, 2.24) is 30.1 Å². The molecule has 5 heterocycles. The quantitative estimate of drug-likeness (QED) is 0.0746. The summed E-state index contributed by atoms with van der Waals surface area (Å²) in [6.45, 7) is 6.66. The smallest absolute Gasteiger partial charge is 0.418 e. The van der Waals surface area contributed by atoms with Crippen LogP contribution in [0.3, 0.4) is 0 Å². The number of alkyl halides is 3. The first-order valence-corrected chi connectivity index (χ1v) is 24.8. The number of hydrogen-bond donors (Lipinski definition) is 2. The summed E-state index contributed by atoms with van der Waals surface area (Å²) in [6, 6.07) is 22.9. The third kappa shape index (κ3) is 11.6. The van der Waals surface area contributed by atoms with E-state index in [1.807, 2.05) is 60.4 Å². The van der Waals surface area contributed by atoms with Crippen molar-refractivity contribution in [3.8, 4) is 34.3 Å². The summed E-state index contributed by atoms with van der Waals surface area (Å²) >= 11 is 7.30. The standard InChI is InChI=1S/C55H58ClF4N9O6/c1-33-27-42(68(29-36-9-15-39(72-5)16-10-36)30-37-11-17-40(73-6)18-12-37)66-50(46(33)55(58,59)60)44-47(56)51-45-52(48(44)57)75-43(74-41-19-23-67(24-20-41)25-26-70-3)31-69(54(45)65-32-64-51)34(2)49-53(62-22-21-61-49)63-28-35-7-13-38(71-4)14-8-35/h7-18,21-22,27,31,34,41,65H,19-20,23-26,28-30,32H2,1-6H3,(H,62,63). The molecule has 9 rings (SSSR count). The molecule has 6 aromatic rings. The van der Waals surface area contributed by atoms with Gasteiger partial charge in [0.2, 0.25) is 0 Å². The molecule has 1 atom stereocenters. The Balaban J connectivity index is 1.19. The minimum absolute atomic E-state index is 0.00146. The molecular formula is C55H58ClF4N9O6. The highest BCUT2D eigenvalue weighted by Crippen LogP contribution is 2.44. The van der Waals surface area contributed by atoms with Crippen LogP contribution in [0.4, 0.5) is 29.2 Å². The van der Waals surface area contributed by atoms with Gasteiger partial charge in [-0.05, 0) is 91.4 Å². The number of rotatable bonds is 19. The lowest BCUT2D eigenvalue weighted by Crippen LogP contribution is -2.45. The molecule has 3 aliphatic heterocycles. The van der Waals surface area contributed by atoms with Crippen LogP contribution in [-0.2, 0) is 35.3 Å². The van der Waals surface area contributed by atoms with E-state index < -0.39 is 40.6 Å². The van der Waals surface area contributed by atoms with Crippen molar-refractivity contribution in [3.05, 3.63) is 158 Å². The van der Waals surface area contributed by atoms with Crippen molar-refractivity contribution >= 4 is 29.1 Å². The number of nitrogens with one attached hydrogen (secondary N) is 2. The van der Waals surface area contributed by atoms with Crippen LogP contribution in [0.25, 0.3) is 17.1 Å². The molecule has 1 fully saturated rings. The molecule has 1 unspecified atom stereocenters. The number of aromatic nitrogens is 3. The normalized spacial score (nSPS) is 15.1. The molecule has 3 aliphatic rings. The topological polar surface area (TPSA) is 140 Å². The zero-order valence-electron chi connectivity index (χ0n) is 42.4. The number of benzene rings is 4. The molecule has 2 N–H and O–H groups in total. The maximum absolute atomic E-state index is 18.3. The number of nitrogens with zero attached hydrogens (tertiary/aromatic N) is 7. The predicted octanol–water partition coefficient (Wildman–Crippen LogP) is 9.13. The summed E-state index contributed by atoms with van der Waals surface area (Å²) in [7, 11) is 6.39. The molecule has 75 heavy (non-hydrogen) atoms. The van der Waals surface area contributed by atoms with E-state index in [4.69, 9.17) is 55.0 Å². The molecule has 15 nitrogen and oxygen atoms in total. The Bertz CT molecular complexity index is 3090. The van der Waals surface area contributed by atoms with Crippen molar-refractivity contribution < 1.29 is 46.0 Å². The number of ether oxygens (including phenoxy) is 6. The maximum Gasteiger partial charge on any atom is 0.418 e. The van der Waals surface area contributed by atoms with E-state index in [0.717, 1.165) is 29.0 Å². The monoisotopic (exact) mass is 1050 g/mol. The van der Waals surface area contributed by atoms with Crippen LogP contribution in [0.2, 0.25) is 5.02 Å². The first-order valence-electron chi connectivity index (χ1n) is 24.4. The number of hydrogen-bond acceptors (Lipinski definition) is 15. The van der Waals surface area contributed by atoms with E-state index in [1.54, 1.807) is 76.2 Å². The van der Waals surface area contributed by atoms with Crippen molar-refractivity contribution in [2.24, 2.45) is 4.99 Å².